The van der Waals surface area contributed by atoms with Crippen molar-refractivity contribution in [2.24, 2.45) is 5.92 Å². The highest BCUT2D eigenvalue weighted by Gasteiger charge is 2.24. The van der Waals surface area contributed by atoms with Crippen LogP contribution in [0.1, 0.15) is 0 Å². The molecule has 2 N–H and O–H groups in total. The summed E-state index contributed by atoms with van der Waals surface area (Å²) in [7, 11) is 0. The summed E-state index contributed by atoms with van der Waals surface area (Å²) in [5.41, 5.74) is 0.874. The molecular weight excluding hydrogens is 164 g/mol. The van der Waals surface area contributed by atoms with Crippen molar-refractivity contribution in [3.63, 3.8) is 0 Å². The van der Waals surface area contributed by atoms with Gasteiger partial charge in [0.1, 0.15) is 0 Å². The zero-order valence-corrected chi connectivity index (χ0v) is 7.29. The average molecular weight is 176 g/mol. The Morgan fingerprint density at radius 3 is 2.54 bits per heavy atom. The molecule has 0 saturated carbocycles. The molecule has 0 atom stereocenters. The fourth-order valence-corrected chi connectivity index (χ4v) is 1.24. The molecule has 1 fully saturated rings. The first-order valence-electron chi connectivity index (χ1n) is 4.43. The maximum Gasteiger partial charge on any atom is 0.230 e. The summed E-state index contributed by atoms with van der Waals surface area (Å²) in [5.74, 6) is 0.269. The van der Waals surface area contributed by atoms with Crippen molar-refractivity contribution < 1.29 is 4.79 Å². The molecule has 0 spiro atoms. The molecule has 68 valence electrons. The largest absolute Gasteiger partial charge is 0.326 e. The Hall–Kier alpha value is -1.35. The summed E-state index contributed by atoms with van der Waals surface area (Å²) < 4.78 is 0. The minimum absolute atomic E-state index is 0.116. The van der Waals surface area contributed by atoms with Crippen LogP contribution >= 0.6 is 0 Å². The molecule has 1 aromatic rings. The molecule has 2 rings (SSSR count). The molecule has 1 amide bonds. The maximum atomic E-state index is 11.4. The van der Waals surface area contributed by atoms with Gasteiger partial charge < -0.3 is 10.6 Å². The second-order valence-corrected chi connectivity index (χ2v) is 3.21. The Balaban J connectivity index is 1.94. The lowest BCUT2D eigenvalue weighted by molar-refractivity contribution is -0.121. The number of para-hydroxylation sites is 1. The summed E-state index contributed by atoms with van der Waals surface area (Å²) >= 11 is 0. The predicted molar refractivity (Wildman–Crippen MR) is 51.4 cm³/mol. The van der Waals surface area contributed by atoms with Crippen LogP contribution in [0.5, 0.6) is 0 Å². The minimum atomic E-state index is 0.116. The second kappa shape index (κ2) is 3.58. The molecule has 0 bridgehead atoms. The number of nitrogens with one attached hydrogen (secondary N) is 2. The first-order chi connectivity index (χ1) is 6.36. The van der Waals surface area contributed by atoms with Crippen LogP contribution < -0.4 is 10.6 Å². The van der Waals surface area contributed by atoms with Crippen LogP contribution in [0.2, 0.25) is 0 Å². The van der Waals surface area contributed by atoms with E-state index in [-0.39, 0.29) is 11.8 Å². The van der Waals surface area contributed by atoms with E-state index in [4.69, 9.17) is 0 Å². The first kappa shape index (κ1) is 8.26. The van der Waals surface area contributed by atoms with E-state index in [9.17, 15) is 4.79 Å². The van der Waals surface area contributed by atoms with Crippen molar-refractivity contribution in [2.75, 3.05) is 18.4 Å². The van der Waals surface area contributed by atoms with Gasteiger partial charge >= 0.3 is 0 Å². The Kier molecular flexibility index (Phi) is 2.27. The van der Waals surface area contributed by atoms with Gasteiger partial charge in [-0.1, -0.05) is 18.2 Å². The topological polar surface area (TPSA) is 41.1 Å². The molecule has 0 aliphatic carbocycles. The van der Waals surface area contributed by atoms with Crippen molar-refractivity contribution in [3.8, 4) is 0 Å². The fourth-order valence-electron chi connectivity index (χ4n) is 1.24. The third-order valence-electron chi connectivity index (χ3n) is 2.19. The van der Waals surface area contributed by atoms with Gasteiger partial charge in [0.25, 0.3) is 0 Å². The second-order valence-electron chi connectivity index (χ2n) is 3.21. The number of anilines is 1. The fraction of sp³-hybridized carbons (Fsp3) is 0.300. The lowest BCUT2D eigenvalue weighted by Gasteiger charge is -2.25. The zero-order valence-electron chi connectivity index (χ0n) is 7.29. The lowest BCUT2D eigenvalue weighted by atomic mass is 10.0. The summed E-state index contributed by atoms with van der Waals surface area (Å²) in [6.45, 7) is 1.61. The van der Waals surface area contributed by atoms with Gasteiger partial charge in [-0.05, 0) is 12.1 Å². The number of amides is 1. The van der Waals surface area contributed by atoms with Crippen LogP contribution in [0.3, 0.4) is 0 Å². The van der Waals surface area contributed by atoms with Crippen LogP contribution in [0, 0.1) is 5.92 Å². The summed E-state index contributed by atoms with van der Waals surface area (Å²) in [5, 5.41) is 5.93. The smallest absolute Gasteiger partial charge is 0.230 e. The summed E-state index contributed by atoms with van der Waals surface area (Å²) in [6, 6.07) is 9.54. The molecule has 13 heavy (non-hydrogen) atoms. The van der Waals surface area contributed by atoms with Crippen LogP contribution in [0.15, 0.2) is 30.3 Å². The molecule has 0 aromatic heterocycles. The normalized spacial score (nSPS) is 16.3. The van der Waals surface area contributed by atoms with E-state index in [1.165, 1.54) is 0 Å². The first-order valence-corrected chi connectivity index (χ1v) is 4.43. The number of rotatable bonds is 2. The van der Waals surface area contributed by atoms with E-state index in [0.29, 0.717) is 0 Å². The van der Waals surface area contributed by atoms with Gasteiger partial charge in [0, 0.05) is 18.8 Å². The summed E-state index contributed by atoms with van der Waals surface area (Å²) in [4.78, 5) is 11.4. The van der Waals surface area contributed by atoms with Crippen molar-refractivity contribution in [1.82, 2.24) is 5.32 Å². The van der Waals surface area contributed by atoms with Gasteiger partial charge in [0.2, 0.25) is 5.91 Å². The van der Waals surface area contributed by atoms with E-state index >= 15 is 0 Å². The average Bonchev–Trinajstić information content (AvgIpc) is 2.02. The Morgan fingerprint density at radius 2 is 2.00 bits per heavy atom. The lowest BCUT2D eigenvalue weighted by Crippen LogP contribution is -2.48. The predicted octanol–water partition coefficient (Wildman–Crippen LogP) is 0.844. The maximum absolute atomic E-state index is 11.4. The standard InChI is InChI=1S/C10H12N2O/c13-10(8-6-11-7-8)12-9-4-2-1-3-5-9/h1-5,8,11H,6-7H2,(H,12,13). The number of carbonyl (C=O) groups is 1. The Labute approximate surface area is 77.1 Å². The van der Waals surface area contributed by atoms with Gasteiger partial charge in [-0.25, -0.2) is 0 Å². The van der Waals surface area contributed by atoms with Crippen molar-refractivity contribution in [3.05, 3.63) is 30.3 Å². The van der Waals surface area contributed by atoms with Crippen LogP contribution in [0.25, 0.3) is 0 Å². The van der Waals surface area contributed by atoms with E-state index in [1.807, 2.05) is 30.3 Å². The van der Waals surface area contributed by atoms with E-state index in [0.717, 1.165) is 18.8 Å². The highest BCUT2D eigenvalue weighted by Crippen LogP contribution is 2.09. The molecule has 1 aliphatic rings. The molecule has 3 heteroatoms. The third kappa shape index (κ3) is 1.87. The molecule has 1 aromatic carbocycles. The Bertz CT molecular complexity index is 293. The highest BCUT2D eigenvalue weighted by molar-refractivity contribution is 5.93. The molecule has 1 saturated heterocycles. The summed E-state index contributed by atoms with van der Waals surface area (Å²) in [6.07, 6.45) is 0. The van der Waals surface area contributed by atoms with Crippen molar-refractivity contribution >= 4 is 11.6 Å². The van der Waals surface area contributed by atoms with Gasteiger partial charge in [0.05, 0.1) is 5.92 Å². The third-order valence-corrected chi connectivity index (χ3v) is 2.19. The van der Waals surface area contributed by atoms with Crippen LogP contribution in [-0.4, -0.2) is 19.0 Å². The Morgan fingerprint density at radius 1 is 1.31 bits per heavy atom. The SMILES string of the molecule is O=C(Nc1ccccc1)C1CNC1. The number of carbonyl (C=O) groups excluding carboxylic acids is 1. The molecule has 1 aliphatic heterocycles. The monoisotopic (exact) mass is 176 g/mol. The van der Waals surface area contributed by atoms with Gasteiger partial charge in [-0.2, -0.15) is 0 Å². The van der Waals surface area contributed by atoms with Crippen molar-refractivity contribution in [1.29, 1.82) is 0 Å². The highest BCUT2D eigenvalue weighted by atomic mass is 16.2. The molecular formula is C10H12N2O. The molecule has 0 unspecified atom stereocenters. The quantitative estimate of drug-likeness (QED) is 0.701. The zero-order chi connectivity index (χ0) is 9.10. The number of hydrogen-bond acceptors (Lipinski definition) is 2. The van der Waals surface area contributed by atoms with Crippen LogP contribution in [-0.2, 0) is 4.79 Å². The molecule has 0 radical (unpaired) electrons. The van der Waals surface area contributed by atoms with E-state index in [2.05, 4.69) is 10.6 Å². The van der Waals surface area contributed by atoms with E-state index in [1.54, 1.807) is 0 Å². The minimum Gasteiger partial charge on any atom is -0.326 e. The molecule has 1 heterocycles. The molecule has 3 nitrogen and oxygen atoms in total. The van der Waals surface area contributed by atoms with Gasteiger partial charge in [-0.15, -0.1) is 0 Å². The number of benzene rings is 1. The van der Waals surface area contributed by atoms with E-state index < -0.39 is 0 Å². The van der Waals surface area contributed by atoms with Crippen molar-refractivity contribution in [2.45, 2.75) is 0 Å². The van der Waals surface area contributed by atoms with Gasteiger partial charge in [0.15, 0.2) is 0 Å². The number of hydrogen-bond donors (Lipinski definition) is 2. The van der Waals surface area contributed by atoms with Gasteiger partial charge in [-0.3, -0.25) is 4.79 Å². The van der Waals surface area contributed by atoms with Crippen LogP contribution in [0.4, 0.5) is 5.69 Å².